The fourth-order valence-corrected chi connectivity index (χ4v) is 3.25. The van der Waals surface area contributed by atoms with Crippen molar-refractivity contribution < 1.29 is 13.9 Å². The van der Waals surface area contributed by atoms with Crippen molar-refractivity contribution in [1.82, 2.24) is 15.2 Å². The number of thioether (sulfide) groups is 1. The summed E-state index contributed by atoms with van der Waals surface area (Å²) in [6, 6.07) is 20.4. The Kier molecular flexibility index (Phi) is 6.36. The predicted octanol–water partition coefficient (Wildman–Crippen LogP) is 4.44. The summed E-state index contributed by atoms with van der Waals surface area (Å²) >= 11 is 1.46. The molecule has 150 valence electrons. The molecule has 2 heterocycles. The number of nitrogens with one attached hydrogen (secondary N) is 1. The largest absolute Gasteiger partial charge is 0.484 e. The number of amides is 1. The molecule has 2 aromatic carbocycles. The van der Waals surface area contributed by atoms with Crippen molar-refractivity contribution in [3.05, 3.63) is 85.0 Å². The van der Waals surface area contributed by atoms with Crippen LogP contribution in [0.15, 0.2) is 88.4 Å². The first-order valence-electron chi connectivity index (χ1n) is 9.19. The lowest BCUT2D eigenvalue weighted by Gasteiger charge is -2.07. The highest BCUT2D eigenvalue weighted by molar-refractivity contribution is 8.00. The summed E-state index contributed by atoms with van der Waals surface area (Å²) in [5.41, 5.74) is 1.56. The fraction of sp³-hybridized carbons (Fsp3) is 0.0909. The number of hydrogen-bond acceptors (Lipinski definition) is 7. The second-order valence-electron chi connectivity index (χ2n) is 6.20. The molecule has 30 heavy (non-hydrogen) atoms. The Morgan fingerprint density at radius 3 is 2.50 bits per heavy atom. The molecule has 0 saturated carbocycles. The van der Waals surface area contributed by atoms with Crippen molar-refractivity contribution in [2.75, 3.05) is 11.1 Å². The summed E-state index contributed by atoms with van der Waals surface area (Å²) in [7, 11) is 0. The van der Waals surface area contributed by atoms with Crippen LogP contribution in [0.2, 0.25) is 0 Å². The van der Waals surface area contributed by atoms with Crippen LogP contribution in [-0.2, 0) is 11.4 Å². The van der Waals surface area contributed by atoms with Crippen LogP contribution in [-0.4, -0.2) is 26.8 Å². The van der Waals surface area contributed by atoms with E-state index >= 15 is 0 Å². The van der Waals surface area contributed by atoms with Gasteiger partial charge in [-0.2, -0.15) is 0 Å². The molecule has 0 unspecified atom stereocenters. The van der Waals surface area contributed by atoms with Crippen molar-refractivity contribution in [3.8, 4) is 17.2 Å². The average Bonchev–Trinajstić information content (AvgIpc) is 3.28. The molecule has 4 aromatic rings. The molecule has 0 spiro atoms. The molecule has 0 radical (unpaired) electrons. The van der Waals surface area contributed by atoms with Crippen molar-refractivity contribution in [3.63, 3.8) is 0 Å². The highest BCUT2D eigenvalue weighted by Crippen LogP contribution is 2.21. The van der Waals surface area contributed by atoms with Gasteiger partial charge in [-0.25, -0.2) is 0 Å². The monoisotopic (exact) mass is 418 g/mol. The van der Waals surface area contributed by atoms with Gasteiger partial charge in [0, 0.05) is 28.5 Å². The molecule has 1 amide bonds. The summed E-state index contributed by atoms with van der Waals surface area (Å²) in [5.74, 6) is 1.73. The molecule has 0 bridgehead atoms. The Balaban J connectivity index is 1.26. The third-order valence-electron chi connectivity index (χ3n) is 4.01. The lowest BCUT2D eigenvalue weighted by Crippen LogP contribution is -2.13. The van der Waals surface area contributed by atoms with Gasteiger partial charge in [-0.15, -0.1) is 22.0 Å². The number of pyridine rings is 1. The molecule has 1 N–H and O–H groups in total. The van der Waals surface area contributed by atoms with Crippen molar-refractivity contribution in [2.24, 2.45) is 0 Å². The maximum absolute atomic E-state index is 12.1. The maximum atomic E-state index is 12.1. The Morgan fingerprint density at radius 1 is 0.967 bits per heavy atom. The number of carbonyl (C=O) groups is 1. The molecule has 4 rings (SSSR count). The van der Waals surface area contributed by atoms with Gasteiger partial charge in [-0.3, -0.25) is 9.78 Å². The second-order valence-corrected chi connectivity index (χ2v) is 7.25. The SMILES string of the molecule is O=C(CSc1ccncc1)Nc1ccc(OCc2nnc(-c3ccccc3)o2)cc1. The first kappa shape index (κ1) is 19.7. The highest BCUT2D eigenvalue weighted by atomic mass is 32.2. The molecule has 2 aromatic heterocycles. The minimum absolute atomic E-state index is 0.0789. The number of rotatable bonds is 8. The Labute approximate surface area is 177 Å². The van der Waals surface area contributed by atoms with Gasteiger partial charge in [0.25, 0.3) is 5.89 Å². The molecule has 0 saturated heterocycles. The molecular weight excluding hydrogens is 400 g/mol. The van der Waals surface area contributed by atoms with Crippen LogP contribution in [0.1, 0.15) is 5.89 Å². The van der Waals surface area contributed by atoms with Gasteiger partial charge in [-0.05, 0) is 48.5 Å². The lowest BCUT2D eigenvalue weighted by atomic mass is 10.2. The van der Waals surface area contributed by atoms with E-state index in [1.165, 1.54) is 11.8 Å². The van der Waals surface area contributed by atoms with Crippen LogP contribution < -0.4 is 10.1 Å². The molecule has 7 nitrogen and oxygen atoms in total. The summed E-state index contributed by atoms with van der Waals surface area (Å²) in [6.45, 7) is 0.161. The van der Waals surface area contributed by atoms with Gasteiger partial charge in [0.1, 0.15) is 5.75 Å². The van der Waals surface area contributed by atoms with Gasteiger partial charge in [0.2, 0.25) is 11.8 Å². The topological polar surface area (TPSA) is 90.1 Å². The lowest BCUT2D eigenvalue weighted by molar-refractivity contribution is -0.113. The van der Waals surface area contributed by atoms with Crippen LogP contribution in [0.5, 0.6) is 5.75 Å². The maximum Gasteiger partial charge on any atom is 0.254 e. The third-order valence-corrected chi connectivity index (χ3v) is 5.02. The zero-order valence-corrected chi connectivity index (χ0v) is 16.7. The van der Waals surface area contributed by atoms with Crippen LogP contribution >= 0.6 is 11.8 Å². The number of nitrogens with zero attached hydrogens (tertiary/aromatic N) is 3. The van der Waals surface area contributed by atoms with Gasteiger partial charge < -0.3 is 14.5 Å². The molecule has 0 aliphatic rings. The van der Waals surface area contributed by atoms with E-state index < -0.39 is 0 Å². The minimum Gasteiger partial charge on any atom is -0.484 e. The van der Waals surface area contributed by atoms with Gasteiger partial charge in [0.15, 0.2) is 6.61 Å². The zero-order valence-electron chi connectivity index (χ0n) is 15.9. The number of carbonyl (C=O) groups excluding carboxylic acids is 1. The van der Waals surface area contributed by atoms with Crippen molar-refractivity contribution in [2.45, 2.75) is 11.5 Å². The Bertz CT molecular complexity index is 1090. The first-order valence-corrected chi connectivity index (χ1v) is 10.2. The van der Waals surface area contributed by atoms with E-state index in [1.54, 1.807) is 36.7 Å². The normalized spacial score (nSPS) is 10.5. The van der Waals surface area contributed by atoms with Crippen molar-refractivity contribution >= 4 is 23.4 Å². The number of anilines is 1. The van der Waals surface area contributed by atoms with E-state index in [-0.39, 0.29) is 12.5 Å². The highest BCUT2D eigenvalue weighted by Gasteiger charge is 2.09. The Morgan fingerprint density at radius 2 is 1.73 bits per heavy atom. The average molecular weight is 418 g/mol. The smallest absolute Gasteiger partial charge is 0.254 e. The fourth-order valence-electron chi connectivity index (χ4n) is 2.57. The van der Waals surface area contributed by atoms with Gasteiger partial charge in [-0.1, -0.05) is 18.2 Å². The number of hydrogen-bond donors (Lipinski definition) is 1. The molecule has 8 heteroatoms. The zero-order chi connectivity index (χ0) is 20.6. The summed E-state index contributed by atoms with van der Waals surface area (Å²) < 4.78 is 11.3. The summed E-state index contributed by atoms with van der Waals surface area (Å²) in [5, 5.41) is 10.9. The number of aromatic nitrogens is 3. The van der Waals surface area contributed by atoms with Crippen LogP contribution in [0, 0.1) is 0 Å². The number of ether oxygens (including phenoxy) is 1. The van der Waals surface area contributed by atoms with E-state index in [1.807, 2.05) is 42.5 Å². The number of benzene rings is 2. The Hall–Kier alpha value is -3.65. The van der Waals surface area contributed by atoms with Crippen molar-refractivity contribution in [1.29, 1.82) is 0 Å². The van der Waals surface area contributed by atoms with Crippen LogP contribution in [0.3, 0.4) is 0 Å². The first-order chi connectivity index (χ1) is 14.8. The van der Waals surface area contributed by atoms with Crippen LogP contribution in [0.4, 0.5) is 5.69 Å². The molecule has 0 fully saturated rings. The molecular formula is C22H18N4O3S. The second kappa shape index (κ2) is 9.71. The predicted molar refractivity (Wildman–Crippen MR) is 114 cm³/mol. The summed E-state index contributed by atoms with van der Waals surface area (Å²) in [6.07, 6.45) is 3.41. The summed E-state index contributed by atoms with van der Waals surface area (Å²) in [4.78, 5) is 17.1. The van der Waals surface area contributed by atoms with E-state index in [9.17, 15) is 4.79 Å². The quantitative estimate of drug-likeness (QED) is 0.423. The van der Waals surface area contributed by atoms with E-state index in [2.05, 4.69) is 20.5 Å². The third kappa shape index (κ3) is 5.45. The van der Waals surface area contributed by atoms with E-state index in [0.717, 1.165) is 10.5 Å². The van der Waals surface area contributed by atoms with E-state index in [4.69, 9.17) is 9.15 Å². The van der Waals surface area contributed by atoms with Gasteiger partial charge in [0.05, 0.1) is 5.75 Å². The van der Waals surface area contributed by atoms with Crippen LogP contribution in [0.25, 0.3) is 11.5 Å². The van der Waals surface area contributed by atoms with Gasteiger partial charge >= 0.3 is 0 Å². The minimum atomic E-state index is -0.0789. The molecule has 0 aliphatic heterocycles. The standard InChI is InChI=1S/C22H18N4O3S/c27-20(15-30-19-10-12-23-13-11-19)24-17-6-8-18(9-7-17)28-14-21-25-26-22(29-21)16-4-2-1-3-5-16/h1-13H,14-15H2,(H,24,27). The molecule has 0 aliphatic carbocycles. The molecule has 0 atom stereocenters. The van der Waals surface area contributed by atoms with E-state index in [0.29, 0.717) is 29.0 Å².